The van der Waals surface area contributed by atoms with E-state index in [1.165, 1.54) is 0 Å². The first kappa shape index (κ1) is 12.9. The van der Waals surface area contributed by atoms with Crippen LogP contribution in [0.15, 0.2) is 4.47 Å². The third-order valence-corrected chi connectivity index (χ3v) is 3.88. The second kappa shape index (κ2) is 4.61. The second-order valence-corrected chi connectivity index (χ2v) is 6.50. The van der Waals surface area contributed by atoms with Crippen molar-refractivity contribution in [3.05, 3.63) is 10.2 Å². The fourth-order valence-electron chi connectivity index (χ4n) is 2.15. The Morgan fingerprint density at radius 3 is 2.82 bits per heavy atom. The van der Waals surface area contributed by atoms with E-state index in [-0.39, 0.29) is 12.0 Å². The first-order valence-electron chi connectivity index (χ1n) is 6.05. The number of aromatic nitrogens is 2. The number of nitrogens with one attached hydrogen (secondary N) is 1. The lowest BCUT2D eigenvalue weighted by Crippen LogP contribution is -2.28. The van der Waals surface area contributed by atoms with E-state index in [0.29, 0.717) is 5.92 Å². The summed E-state index contributed by atoms with van der Waals surface area (Å²) in [7, 11) is 0. The van der Waals surface area contributed by atoms with E-state index in [1.807, 2.05) is 4.68 Å². The Morgan fingerprint density at radius 2 is 2.24 bits per heavy atom. The molecular formula is C12H20BrN3O. The molecule has 0 saturated heterocycles. The number of fused-ring (bicyclic) bond motifs is 1. The summed E-state index contributed by atoms with van der Waals surface area (Å²) in [5.74, 6) is 1.54. The van der Waals surface area contributed by atoms with Gasteiger partial charge in [0.05, 0.1) is 10.2 Å². The summed E-state index contributed by atoms with van der Waals surface area (Å²) in [5.41, 5.74) is 1.13. The quantitative estimate of drug-likeness (QED) is 0.882. The van der Waals surface area contributed by atoms with Gasteiger partial charge in [0, 0.05) is 25.1 Å². The summed E-state index contributed by atoms with van der Waals surface area (Å²) >= 11 is 3.64. The molecule has 1 unspecified atom stereocenters. The summed E-state index contributed by atoms with van der Waals surface area (Å²) in [5, 5.41) is 17.1. The van der Waals surface area contributed by atoms with Crippen molar-refractivity contribution in [3.8, 4) is 0 Å². The molecule has 0 fully saturated rings. The molecule has 0 spiro atoms. The van der Waals surface area contributed by atoms with Crippen molar-refractivity contribution < 1.29 is 5.11 Å². The molecule has 1 aliphatic heterocycles. The van der Waals surface area contributed by atoms with Gasteiger partial charge in [0.2, 0.25) is 0 Å². The number of rotatable bonds is 2. The minimum atomic E-state index is 0.0390. The van der Waals surface area contributed by atoms with E-state index in [9.17, 15) is 0 Å². The SMILES string of the molecule is CC(C)(C)c1nn2c(c1Br)NCC(CCO)C2. The molecule has 0 saturated carbocycles. The minimum absolute atomic E-state index is 0.0390. The average molecular weight is 302 g/mol. The molecule has 17 heavy (non-hydrogen) atoms. The highest BCUT2D eigenvalue weighted by atomic mass is 79.9. The number of halogens is 1. The standard InChI is InChI=1S/C12H20BrN3O/c1-12(2,3)10-9(13)11-14-6-8(4-5-17)7-16(11)15-10/h8,14,17H,4-7H2,1-3H3. The zero-order valence-electron chi connectivity index (χ0n) is 10.6. The largest absolute Gasteiger partial charge is 0.396 e. The lowest BCUT2D eigenvalue weighted by molar-refractivity contribution is 0.244. The lowest BCUT2D eigenvalue weighted by atomic mass is 9.92. The van der Waals surface area contributed by atoms with Gasteiger partial charge in [-0.3, -0.25) is 0 Å². The number of hydrogen-bond donors (Lipinski definition) is 2. The van der Waals surface area contributed by atoms with Gasteiger partial charge < -0.3 is 10.4 Å². The third kappa shape index (κ3) is 2.50. The van der Waals surface area contributed by atoms with Gasteiger partial charge in [-0.25, -0.2) is 4.68 Å². The molecule has 1 aromatic rings. The van der Waals surface area contributed by atoms with Crippen LogP contribution in [0.5, 0.6) is 0 Å². The predicted molar refractivity (Wildman–Crippen MR) is 72.3 cm³/mol. The fourth-order valence-corrected chi connectivity index (χ4v) is 3.17. The number of nitrogens with zero attached hydrogens (tertiary/aromatic N) is 2. The Morgan fingerprint density at radius 1 is 1.53 bits per heavy atom. The molecule has 0 aromatic carbocycles. The van der Waals surface area contributed by atoms with Crippen molar-refractivity contribution in [2.75, 3.05) is 18.5 Å². The molecule has 1 aliphatic rings. The minimum Gasteiger partial charge on any atom is -0.396 e. The smallest absolute Gasteiger partial charge is 0.139 e. The molecule has 0 bridgehead atoms. The molecule has 1 aromatic heterocycles. The van der Waals surface area contributed by atoms with Crippen LogP contribution in [0.4, 0.5) is 5.82 Å². The summed E-state index contributed by atoms with van der Waals surface area (Å²) in [6.07, 6.45) is 0.828. The molecule has 5 heteroatoms. The lowest BCUT2D eigenvalue weighted by Gasteiger charge is -2.24. The Hall–Kier alpha value is -0.550. The maximum Gasteiger partial charge on any atom is 0.139 e. The van der Waals surface area contributed by atoms with E-state index in [2.05, 4.69) is 47.1 Å². The van der Waals surface area contributed by atoms with Gasteiger partial charge in [0.15, 0.2) is 0 Å². The first-order chi connectivity index (χ1) is 7.93. The number of aliphatic hydroxyl groups is 1. The third-order valence-electron chi connectivity index (χ3n) is 3.13. The zero-order valence-corrected chi connectivity index (χ0v) is 12.2. The molecule has 4 nitrogen and oxygen atoms in total. The van der Waals surface area contributed by atoms with E-state index < -0.39 is 0 Å². The van der Waals surface area contributed by atoms with E-state index in [1.54, 1.807) is 0 Å². The highest BCUT2D eigenvalue weighted by Gasteiger charge is 2.28. The monoisotopic (exact) mass is 301 g/mol. The van der Waals surface area contributed by atoms with Crippen LogP contribution in [0.3, 0.4) is 0 Å². The Balaban J connectivity index is 2.28. The fraction of sp³-hybridized carbons (Fsp3) is 0.750. The van der Waals surface area contributed by atoms with Crippen LogP contribution in [0.2, 0.25) is 0 Å². The molecule has 96 valence electrons. The van der Waals surface area contributed by atoms with Crippen LogP contribution in [0.1, 0.15) is 32.9 Å². The molecule has 1 atom stereocenters. The summed E-state index contributed by atoms with van der Waals surface area (Å²) in [6.45, 7) is 8.54. The van der Waals surface area contributed by atoms with Crippen LogP contribution in [0.25, 0.3) is 0 Å². The van der Waals surface area contributed by atoms with Crippen molar-refractivity contribution in [3.63, 3.8) is 0 Å². The van der Waals surface area contributed by atoms with Crippen molar-refractivity contribution >= 4 is 21.7 Å². The Kier molecular flexibility index (Phi) is 3.50. The van der Waals surface area contributed by atoms with Crippen molar-refractivity contribution in [1.82, 2.24) is 9.78 Å². The van der Waals surface area contributed by atoms with Gasteiger partial charge in [0.1, 0.15) is 5.82 Å². The molecule has 2 N–H and O–H groups in total. The van der Waals surface area contributed by atoms with Crippen LogP contribution < -0.4 is 5.32 Å². The van der Waals surface area contributed by atoms with E-state index in [4.69, 9.17) is 5.11 Å². The molecule has 2 rings (SSSR count). The zero-order chi connectivity index (χ0) is 12.6. The van der Waals surface area contributed by atoms with Gasteiger partial charge in [-0.1, -0.05) is 20.8 Å². The predicted octanol–water partition coefficient (Wildman–Crippen LogP) is 2.37. The van der Waals surface area contributed by atoms with Crippen LogP contribution in [-0.4, -0.2) is 28.0 Å². The highest BCUT2D eigenvalue weighted by Crippen LogP contribution is 2.36. The van der Waals surface area contributed by atoms with Crippen LogP contribution in [-0.2, 0) is 12.0 Å². The molecule has 0 radical (unpaired) electrons. The number of anilines is 1. The average Bonchev–Trinajstić information content (AvgIpc) is 2.56. The van der Waals surface area contributed by atoms with Crippen molar-refractivity contribution in [2.45, 2.75) is 39.2 Å². The topological polar surface area (TPSA) is 50.1 Å². The molecular weight excluding hydrogens is 282 g/mol. The van der Waals surface area contributed by atoms with Crippen LogP contribution in [0, 0.1) is 5.92 Å². The molecule has 0 aliphatic carbocycles. The molecule has 2 heterocycles. The number of hydrogen-bond acceptors (Lipinski definition) is 3. The normalized spacial score (nSPS) is 19.9. The summed E-state index contributed by atoms with van der Waals surface area (Å²) in [4.78, 5) is 0. The van der Waals surface area contributed by atoms with Crippen molar-refractivity contribution in [1.29, 1.82) is 0 Å². The second-order valence-electron chi connectivity index (χ2n) is 5.70. The maximum atomic E-state index is 8.99. The first-order valence-corrected chi connectivity index (χ1v) is 6.84. The van der Waals surface area contributed by atoms with Gasteiger partial charge in [-0.15, -0.1) is 0 Å². The van der Waals surface area contributed by atoms with Crippen LogP contribution >= 0.6 is 15.9 Å². The van der Waals surface area contributed by atoms with Gasteiger partial charge >= 0.3 is 0 Å². The number of aliphatic hydroxyl groups excluding tert-OH is 1. The van der Waals surface area contributed by atoms with Gasteiger partial charge in [-0.2, -0.15) is 5.10 Å². The van der Waals surface area contributed by atoms with E-state index >= 15 is 0 Å². The maximum absolute atomic E-state index is 8.99. The molecule has 0 amide bonds. The Bertz CT molecular complexity index is 409. The summed E-state index contributed by atoms with van der Waals surface area (Å²) in [6, 6.07) is 0. The van der Waals surface area contributed by atoms with Gasteiger partial charge in [0.25, 0.3) is 0 Å². The van der Waals surface area contributed by atoms with Gasteiger partial charge in [-0.05, 0) is 28.3 Å². The summed E-state index contributed by atoms with van der Waals surface area (Å²) < 4.78 is 3.10. The van der Waals surface area contributed by atoms with Crippen molar-refractivity contribution in [2.24, 2.45) is 5.92 Å². The highest BCUT2D eigenvalue weighted by molar-refractivity contribution is 9.10. The van der Waals surface area contributed by atoms with E-state index in [0.717, 1.165) is 35.5 Å². The Labute approximate surface area is 111 Å².